The van der Waals surface area contributed by atoms with E-state index in [1.54, 1.807) is 4.90 Å². The number of thiocarbonyl (C=S) groups is 1. The van der Waals surface area contributed by atoms with E-state index in [9.17, 15) is 9.59 Å². The van der Waals surface area contributed by atoms with E-state index in [4.69, 9.17) is 17.0 Å². The first-order valence-electron chi connectivity index (χ1n) is 11.0. The maximum absolute atomic E-state index is 12.9. The largest absolute Gasteiger partial charge is 0.379 e. The first-order chi connectivity index (χ1) is 14.6. The Kier molecular flexibility index (Phi) is 7.07. The van der Waals surface area contributed by atoms with Gasteiger partial charge >= 0.3 is 0 Å². The number of hydrogen-bond donors (Lipinski definition) is 1. The van der Waals surface area contributed by atoms with Crippen molar-refractivity contribution in [3.63, 3.8) is 0 Å². The fourth-order valence-corrected chi connectivity index (χ4v) is 4.89. The molecule has 1 saturated heterocycles. The molecule has 0 radical (unpaired) electrons. The molecule has 2 fully saturated rings. The molecule has 2 aliphatic heterocycles. The van der Waals surface area contributed by atoms with E-state index in [0.717, 1.165) is 64.2 Å². The van der Waals surface area contributed by atoms with Crippen LogP contribution in [0, 0.1) is 17.8 Å². The summed E-state index contributed by atoms with van der Waals surface area (Å²) in [5, 5.41) is 3.47. The van der Waals surface area contributed by atoms with Crippen LogP contribution in [0.4, 0.5) is 0 Å². The predicted molar refractivity (Wildman–Crippen MR) is 119 cm³/mol. The monoisotopic (exact) mass is 430 g/mol. The van der Waals surface area contributed by atoms with Crippen molar-refractivity contribution in [3.8, 4) is 0 Å². The average Bonchev–Trinajstić information content (AvgIpc) is 2.78. The van der Waals surface area contributed by atoms with Gasteiger partial charge in [0, 0.05) is 38.6 Å². The SMILES string of the molecule is O=C(NCCN1CCOCC1)C1CCC(CN2C(=O)C3C=CC=CC3=NC2=S)CC1. The topological polar surface area (TPSA) is 74.2 Å². The standard InChI is InChI=1S/C22H30N4O3S/c27-20(23-9-10-25-11-13-29-14-12-25)17-7-5-16(6-8-17)15-26-21(28)18-3-1-2-4-19(18)24-22(26)30/h1-4,16-18H,5-15H2,(H,23,27). The molecule has 1 N–H and O–H groups in total. The van der Waals surface area contributed by atoms with Crippen LogP contribution in [0.25, 0.3) is 0 Å². The molecule has 1 atom stereocenters. The van der Waals surface area contributed by atoms with Gasteiger partial charge in [0.15, 0.2) is 0 Å². The van der Waals surface area contributed by atoms with Crippen molar-refractivity contribution in [2.45, 2.75) is 25.7 Å². The lowest BCUT2D eigenvalue weighted by Crippen LogP contribution is -2.48. The molecule has 4 aliphatic rings. The number of nitrogens with one attached hydrogen (secondary N) is 1. The van der Waals surface area contributed by atoms with E-state index in [0.29, 0.717) is 24.1 Å². The number of carbonyl (C=O) groups is 2. The summed E-state index contributed by atoms with van der Waals surface area (Å²) in [6, 6.07) is 0. The van der Waals surface area contributed by atoms with E-state index in [1.807, 2.05) is 24.3 Å². The predicted octanol–water partition coefficient (Wildman–Crippen LogP) is 1.55. The van der Waals surface area contributed by atoms with Crippen LogP contribution in [-0.4, -0.2) is 78.4 Å². The third kappa shape index (κ3) is 5.04. The highest BCUT2D eigenvalue weighted by molar-refractivity contribution is 7.80. The Hall–Kier alpha value is -1.90. The molecule has 162 valence electrons. The van der Waals surface area contributed by atoms with Gasteiger partial charge in [0.1, 0.15) is 0 Å². The summed E-state index contributed by atoms with van der Waals surface area (Å²) >= 11 is 5.39. The summed E-state index contributed by atoms with van der Waals surface area (Å²) in [5.74, 6) is 0.318. The van der Waals surface area contributed by atoms with E-state index in [-0.39, 0.29) is 23.7 Å². The van der Waals surface area contributed by atoms with Crippen LogP contribution in [0.5, 0.6) is 0 Å². The molecule has 1 unspecified atom stereocenters. The lowest BCUT2D eigenvalue weighted by Gasteiger charge is -2.35. The number of allylic oxidation sites excluding steroid dienone is 3. The van der Waals surface area contributed by atoms with E-state index >= 15 is 0 Å². The number of hydrogen-bond acceptors (Lipinski definition) is 5. The Balaban J connectivity index is 1.21. The van der Waals surface area contributed by atoms with Gasteiger partial charge in [-0.1, -0.05) is 18.2 Å². The number of nitrogens with zero attached hydrogens (tertiary/aromatic N) is 3. The van der Waals surface area contributed by atoms with E-state index in [1.165, 1.54) is 0 Å². The average molecular weight is 431 g/mol. The Labute approximate surface area is 183 Å². The maximum atomic E-state index is 12.9. The lowest BCUT2D eigenvalue weighted by molar-refractivity contribution is -0.130. The van der Waals surface area contributed by atoms with Gasteiger partial charge in [-0.25, -0.2) is 4.99 Å². The molecule has 2 aliphatic carbocycles. The van der Waals surface area contributed by atoms with Crippen LogP contribution in [0.3, 0.4) is 0 Å². The molecule has 2 amide bonds. The number of rotatable bonds is 6. The van der Waals surface area contributed by atoms with Crippen molar-refractivity contribution in [1.82, 2.24) is 15.1 Å². The minimum atomic E-state index is -0.310. The molecule has 0 aromatic rings. The normalized spacial score (nSPS) is 29.5. The zero-order valence-corrected chi connectivity index (χ0v) is 18.1. The number of morpholine rings is 1. The van der Waals surface area contributed by atoms with Crippen LogP contribution in [0.15, 0.2) is 29.3 Å². The summed E-state index contributed by atoms with van der Waals surface area (Å²) < 4.78 is 5.35. The summed E-state index contributed by atoms with van der Waals surface area (Å²) in [7, 11) is 0. The molecule has 0 aromatic carbocycles. The molecule has 30 heavy (non-hydrogen) atoms. The molecule has 8 heteroatoms. The second-order valence-electron chi connectivity index (χ2n) is 8.45. The molecule has 1 saturated carbocycles. The van der Waals surface area contributed by atoms with E-state index in [2.05, 4.69) is 15.2 Å². The fraction of sp³-hybridized carbons (Fsp3) is 0.636. The van der Waals surface area contributed by atoms with Gasteiger partial charge in [0.05, 0.1) is 24.8 Å². The summed E-state index contributed by atoms with van der Waals surface area (Å²) in [4.78, 5) is 33.8. The zero-order valence-electron chi connectivity index (χ0n) is 17.3. The number of carbonyl (C=O) groups excluding carboxylic acids is 2. The van der Waals surface area contributed by atoms with Crippen LogP contribution >= 0.6 is 12.2 Å². The van der Waals surface area contributed by atoms with Gasteiger partial charge in [-0.15, -0.1) is 0 Å². The molecular weight excluding hydrogens is 400 g/mol. The molecule has 2 heterocycles. The van der Waals surface area contributed by atoms with Crippen molar-refractivity contribution in [2.75, 3.05) is 45.9 Å². The fourth-order valence-electron chi connectivity index (χ4n) is 4.62. The van der Waals surface area contributed by atoms with Gasteiger partial charge in [-0.05, 0) is 49.9 Å². The first-order valence-corrected chi connectivity index (χ1v) is 11.4. The van der Waals surface area contributed by atoms with Crippen molar-refractivity contribution < 1.29 is 14.3 Å². The highest BCUT2D eigenvalue weighted by atomic mass is 32.1. The number of amides is 2. The summed E-state index contributed by atoms with van der Waals surface area (Å²) in [6.07, 6.45) is 11.1. The smallest absolute Gasteiger partial charge is 0.241 e. The second kappa shape index (κ2) is 9.94. The van der Waals surface area contributed by atoms with Gasteiger partial charge in [0.2, 0.25) is 16.9 Å². The Bertz CT molecular complexity index is 764. The number of fused-ring (bicyclic) bond motifs is 1. The van der Waals surface area contributed by atoms with Crippen molar-refractivity contribution >= 4 is 34.9 Å². The van der Waals surface area contributed by atoms with Crippen LogP contribution in [0.2, 0.25) is 0 Å². The molecular formula is C22H30N4O3S. The van der Waals surface area contributed by atoms with Gasteiger partial charge in [0.25, 0.3) is 0 Å². The van der Waals surface area contributed by atoms with Gasteiger partial charge in [-0.2, -0.15) is 0 Å². The Morgan fingerprint density at radius 1 is 1.20 bits per heavy atom. The third-order valence-corrected chi connectivity index (χ3v) is 6.79. The number of aliphatic imine (C=N–C) groups is 1. The van der Waals surface area contributed by atoms with Crippen LogP contribution in [-0.2, 0) is 14.3 Å². The van der Waals surface area contributed by atoms with Gasteiger partial charge in [-0.3, -0.25) is 19.4 Å². The first kappa shape index (κ1) is 21.3. The molecule has 4 rings (SSSR count). The van der Waals surface area contributed by atoms with Crippen molar-refractivity contribution in [1.29, 1.82) is 0 Å². The maximum Gasteiger partial charge on any atom is 0.241 e. The Morgan fingerprint density at radius 3 is 2.73 bits per heavy atom. The van der Waals surface area contributed by atoms with Crippen molar-refractivity contribution in [2.24, 2.45) is 22.7 Å². The quantitative estimate of drug-likeness (QED) is 0.648. The van der Waals surface area contributed by atoms with Crippen LogP contribution < -0.4 is 5.32 Å². The highest BCUT2D eigenvalue weighted by Gasteiger charge is 2.36. The summed E-state index contributed by atoms with van der Waals surface area (Å²) in [5.41, 5.74) is 0.737. The van der Waals surface area contributed by atoms with Crippen LogP contribution in [0.1, 0.15) is 25.7 Å². The Morgan fingerprint density at radius 2 is 1.97 bits per heavy atom. The lowest BCUT2D eigenvalue weighted by atomic mass is 9.81. The molecule has 0 spiro atoms. The highest BCUT2D eigenvalue weighted by Crippen LogP contribution is 2.31. The third-order valence-electron chi connectivity index (χ3n) is 6.48. The van der Waals surface area contributed by atoms with E-state index < -0.39 is 0 Å². The minimum absolute atomic E-state index is 0.0218. The van der Waals surface area contributed by atoms with Crippen molar-refractivity contribution in [3.05, 3.63) is 24.3 Å². The molecule has 0 aromatic heterocycles. The minimum Gasteiger partial charge on any atom is -0.379 e. The number of ether oxygens (including phenoxy) is 1. The molecule has 7 nitrogen and oxygen atoms in total. The summed E-state index contributed by atoms with van der Waals surface area (Å²) in [6.45, 7) is 5.62. The molecule has 0 bridgehead atoms. The zero-order chi connectivity index (χ0) is 20.9. The second-order valence-corrected chi connectivity index (χ2v) is 8.82. The van der Waals surface area contributed by atoms with Gasteiger partial charge < -0.3 is 10.1 Å².